The van der Waals surface area contributed by atoms with Crippen molar-refractivity contribution in [1.82, 2.24) is 4.90 Å². The van der Waals surface area contributed by atoms with Gasteiger partial charge in [0.15, 0.2) is 0 Å². The van der Waals surface area contributed by atoms with E-state index >= 15 is 0 Å². The van der Waals surface area contributed by atoms with Crippen molar-refractivity contribution in [1.29, 1.82) is 0 Å². The van der Waals surface area contributed by atoms with Gasteiger partial charge < -0.3 is 21.5 Å². The minimum Gasteiger partial charge on any atom is -0.478 e. The molecule has 0 bridgehead atoms. The number of benzene rings is 1. The average Bonchev–Trinajstić information content (AvgIpc) is 2.43. The molecule has 1 aromatic carbocycles. The highest BCUT2D eigenvalue weighted by Gasteiger charge is 2.20. The van der Waals surface area contributed by atoms with E-state index in [4.69, 9.17) is 16.6 Å². The lowest BCUT2D eigenvalue weighted by Gasteiger charge is -2.21. The summed E-state index contributed by atoms with van der Waals surface area (Å²) in [6, 6.07) is 5.62. The summed E-state index contributed by atoms with van der Waals surface area (Å²) in [5.41, 5.74) is 11.4. The van der Waals surface area contributed by atoms with Crippen molar-refractivity contribution in [3.63, 3.8) is 0 Å². The van der Waals surface area contributed by atoms with Crippen LogP contribution in [0.5, 0.6) is 0 Å². The zero-order chi connectivity index (χ0) is 16.0. The van der Waals surface area contributed by atoms with E-state index < -0.39 is 23.8 Å². The van der Waals surface area contributed by atoms with Gasteiger partial charge in [0, 0.05) is 13.6 Å². The molecule has 1 atom stereocenters. The number of carbonyl (C=O) groups excluding carboxylic acids is 2. The van der Waals surface area contributed by atoms with Crippen molar-refractivity contribution < 1.29 is 19.5 Å². The van der Waals surface area contributed by atoms with E-state index in [0.717, 1.165) is 0 Å². The van der Waals surface area contributed by atoms with E-state index in [1.165, 1.54) is 11.0 Å². The van der Waals surface area contributed by atoms with Gasteiger partial charge in [-0.05, 0) is 18.1 Å². The first-order chi connectivity index (χ1) is 9.82. The predicted molar refractivity (Wildman–Crippen MR) is 76.5 cm³/mol. The van der Waals surface area contributed by atoms with Gasteiger partial charge in [0.25, 0.3) is 0 Å². The molecule has 0 fully saturated rings. The number of aromatic carboxylic acids is 1. The van der Waals surface area contributed by atoms with Gasteiger partial charge in [-0.15, -0.1) is 0 Å². The SMILES string of the molecule is CN(CCc1ccccc1C(=O)O)C(=O)C(N)CC(N)=O. The lowest BCUT2D eigenvalue weighted by Crippen LogP contribution is -2.44. The van der Waals surface area contributed by atoms with E-state index in [2.05, 4.69) is 0 Å². The molecule has 0 aromatic heterocycles. The van der Waals surface area contributed by atoms with Gasteiger partial charge in [-0.1, -0.05) is 18.2 Å². The van der Waals surface area contributed by atoms with Crippen LogP contribution >= 0.6 is 0 Å². The summed E-state index contributed by atoms with van der Waals surface area (Å²) in [5.74, 6) is -2.05. The van der Waals surface area contributed by atoms with E-state index in [0.29, 0.717) is 18.5 Å². The number of hydrogen-bond donors (Lipinski definition) is 3. The second-order valence-corrected chi connectivity index (χ2v) is 4.75. The molecule has 0 aliphatic carbocycles. The van der Waals surface area contributed by atoms with Crippen LogP contribution in [0.15, 0.2) is 24.3 Å². The number of nitrogens with zero attached hydrogens (tertiary/aromatic N) is 1. The lowest BCUT2D eigenvalue weighted by molar-refractivity contribution is -0.133. The van der Waals surface area contributed by atoms with Crippen LogP contribution in [0.1, 0.15) is 22.3 Å². The third kappa shape index (κ3) is 4.88. The molecule has 114 valence electrons. The Morgan fingerprint density at radius 1 is 1.29 bits per heavy atom. The van der Waals surface area contributed by atoms with E-state index in [-0.39, 0.29) is 12.0 Å². The topological polar surface area (TPSA) is 127 Å². The fraction of sp³-hybridized carbons (Fsp3) is 0.357. The van der Waals surface area contributed by atoms with E-state index in [9.17, 15) is 14.4 Å². The van der Waals surface area contributed by atoms with Gasteiger partial charge in [-0.25, -0.2) is 4.79 Å². The number of primary amides is 1. The Morgan fingerprint density at radius 2 is 1.90 bits per heavy atom. The summed E-state index contributed by atoms with van der Waals surface area (Å²) in [5, 5.41) is 9.08. The van der Waals surface area contributed by atoms with Crippen molar-refractivity contribution in [3.8, 4) is 0 Å². The molecule has 2 amide bonds. The minimum absolute atomic E-state index is 0.208. The quantitative estimate of drug-likeness (QED) is 0.629. The molecule has 1 aromatic rings. The molecule has 0 aliphatic rings. The van der Waals surface area contributed by atoms with Gasteiger partial charge in [-0.2, -0.15) is 0 Å². The van der Waals surface area contributed by atoms with E-state index in [1.807, 2.05) is 0 Å². The van der Waals surface area contributed by atoms with Crippen molar-refractivity contribution >= 4 is 17.8 Å². The van der Waals surface area contributed by atoms with Crippen molar-refractivity contribution in [2.45, 2.75) is 18.9 Å². The second-order valence-electron chi connectivity index (χ2n) is 4.75. The maximum absolute atomic E-state index is 11.9. The zero-order valence-corrected chi connectivity index (χ0v) is 11.8. The van der Waals surface area contributed by atoms with Crippen LogP contribution in [-0.2, 0) is 16.0 Å². The third-order valence-corrected chi connectivity index (χ3v) is 3.08. The highest BCUT2D eigenvalue weighted by atomic mass is 16.4. The number of nitrogens with two attached hydrogens (primary N) is 2. The summed E-state index contributed by atoms with van der Waals surface area (Å²) in [7, 11) is 1.55. The first kappa shape index (κ1) is 16.6. The number of carboxylic acid groups (broad SMARTS) is 1. The first-order valence-corrected chi connectivity index (χ1v) is 6.43. The van der Waals surface area contributed by atoms with Crippen LogP contribution in [0, 0.1) is 0 Å². The molecule has 0 radical (unpaired) electrons. The van der Waals surface area contributed by atoms with Gasteiger partial charge in [-0.3, -0.25) is 9.59 Å². The zero-order valence-electron chi connectivity index (χ0n) is 11.8. The van der Waals surface area contributed by atoms with Gasteiger partial charge in [0.1, 0.15) is 0 Å². The molecule has 7 heteroatoms. The summed E-state index contributed by atoms with van der Waals surface area (Å²) in [6.45, 7) is 0.301. The standard InChI is InChI=1S/C14H19N3O4/c1-17(13(19)11(15)8-12(16)18)7-6-9-4-2-3-5-10(9)14(20)21/h2-5,11H,6-8,15H2,1H3,(H2,16,18)(H,20,21). The monoisotopic (exact) mass is 293 g/mol. The third-order valence-electron chi connectivity index (χ3n) is 3.08. The molecule has 0 saturated carbocycles. The summed E-state index contributed by atoms with van der Waals surface area (Å²) in [6.07, 6.45) is 0.170. The minimum atomic E-state index is -1.01. The van der Waals surface area contributed by atoms with Crippen LogP contribution in [0.2, 0.25) is 0 Å². The normalized spacial score (nSPS) is 11.7. The molecule has 0 heterocycles. The molecule has 0 aliphatic heterocycles. The number of likely N-dealkylation sites (N-methyl/N-ethyl adjacent to an activating group) is 1. The first-order valence-electron chi connectivity index (χ1n) is 6.43. The molecule has 5 N–H and O–H groups in total. The molecule has 1 unspecified atom stereocenters. The Morgan fingerprint density at radius 3 is 2.48 bits per heavy atom. The Bertz CT molecular complexity index is 545. The maximum Gasteiger partial charge on any atom is 0.335 e. The van der Waals surface area contributed by atoms with Crippen LogP contribution in [-0.4, -0.2) is 47.4 Å². The van der Waals surface area contributed by atoms with Crippen LogP contribution < -0.4 is 11.5 Å². The molecule has 7 nitrogen and oxygen atoms in total. The molecule has 1 rings (SSSR count). The molecule has 0 spiro atoms. The fourth-order valence-electron chi connectivity index (χ4n) is 1.93. The Balaban J connectivity index is 2.65. The number of amides is 2. The fourth-order valence-corrected chi connectivity index (χ4v) is 1.93. The van der Waals surface area contributed by atoms with Crippen molar-refractivity contribution in [2.75, 3.05) is 13.6 Å². The van der Waals surface area contributed by atoms with Crippen LogP contribution in [0.25, 0.3) is 0 Å². The van der Waals surface area contributed by atoms with Gasteiger partial charge in [0.2, 0.25) is 11.8 Å². The number of rotatable bonds is 7. The average molecular weight is 293 g/mol. The molecular formula is C14H19N3O4. The molecule has 21 heavy (non-hydrogen) atoms. The maximum atomic E-state index is 11.9. The van der Waals surface area contributed by atoms with Crippen LogP contribution in [0.4, 0.5) is 0 Å². The number of hydrogen-bond acceptors (Lipinski definition) is 4. The largest absolute Gasteiger partial charge is 0.478 e. The summed E-state index contributed by atoms with van der Waals surface area (Å²) >= 11 is 0. The molecular weight excluding hydrogens is 274 g/mol. The Labute approximate surface area is 122 Å². The highest BCUT2D eigenvalue weighted by molar-refractivity contribution is 5.89. The summed E-state index contributed by atoms with van der Waals surface area (Å²) < 4.78 is 0. The van der Waals surface area contributed by atoms with Crippen molar-refractivity contribution in [2.24, 2.45) is 11.5 Å². The van der Waals surface area contributed by atoms with E-state index in [1.54, 1.807) is 25.2 Å². The highest BCUT2D eigenvalue weighted by Crippen LogP contribution is 2.10. The van der Waals surface area contributed by atoms with Gasteiger partial charge in [0.05, 0.1) is 18.0 Å². The van der Waals surface area contributed by atoms with Crippen LogP contribution in [0.3, 0.4) is 0 Å². The number of carboxylic acids is 1. The summed E-state index contributed by atoms with van der Waals surface area (Å²) in [4.78, 5) is 35.1. The number of carbonyl (C=O) groups is 3. The second kappa shape index (κ2) is 7.39. The predicted octanol–water partition coefficient (Wildman–Crippen LogP) is -0.412. The Hall–Kier alpha value is -2.41. The van der Waals surface area contributed by atoms with Crippen molar-refractivity contribution in [3.05, 3.63) is 35.4 Å². The smallest absolute Gasteiger partial charge is 0.335 e. The Kier molecular flexibility index (Phi) is 5.86. The van der Waals surface area contributed by atoms with Gasteiger partial charge >= 0.3 is 5.97 Å². The lowest BCUT2D eigenvalue weighted by atomic mass is 10.0. The molecule has 0 saturated heterocycles.